The molecule has 0 spiro atoms. The molecule has 1 unspecified atom stereocenters. The fourth-order valence-corrected chi connectivity index (χ4v) is 2.42. The smallest absolute Gasteiger partial charge is 0.176 e. The third kappa shape index (κ3) is 2.10. The Morgan fingerprint density at radius 1 is 1.26 bits per heavy atom. The highest BCUT2D eigenvalue weighted by atomic mass is 35.5. The third-order valence-corrected chi connectivity index (χ3v) is 3.45. The van der Waals surface area contributed by atoms with E-state index in [0.717, 1.165) is 11.6 Å². The first-order chi connectivity index (χ1) is 9.16. The van der Waals surface area contributed by atoms with Gasteiger partial charge in [-0.3, -0.25) is 4.79 Å². The van der Waals surface area contributed by atoms with Gasteiger partial charge in [0.2, 0.25) is 0 Å². The average Bonchev–Trinajstić information content (AvgIpc) is 2.82. The molecule has 1 aliphatic heterocycles. The number of rotatable bonds is 2. The van der Waals surface area contributed by atoms with Gasteiger partial charge in [-0.25, -0.2) is 4.39 Å². The average molecular weight is 277 g/mol. The van der Waals surface area contributed by atoms with Crippen LogP contribution in [0.4, 0.5) is 4.39 Å². The molecule has 0 aliphatic carbocycles. The van der Waals surface area contributed by atoms with Crippen molar-refractivity contribution in [2.45, 2.75) is 5.92 Å². The Labute approximate surface area is 114 Å². The van der Waals surface area contributed by atoms with Gasteiger partial charge in [0.1, 0.15) is 18.2 Å². The van der Waals surface area contributed by atoms with Crippen molar-refractivity contribution in [3.05, 3.63) is 64.4 Å². The highest BCUT2D eigenvalue weighted by Gasteiger charge is 2.31. The van der Waals surface area contributed by atoms with E-state index in [1.807, 2.05) is 18.2 Å². The van der Waals surface area contributed by atoms with E-state index in [4.69, 9.17) is 16.3 Å². The topological polar surface area (TPSA) is 26.3 Å². The summed E-state index contributed by atoms with van der Waals surface area (Å²) in [5.74, 6) is -0.636. The number of fused-ring (bicyclic) bond motifs is 1. The van der Waals surface area contributed by atoms with Gasteiger partial charge in [0.15, 0.2) is 5.78 Å². The second-order valence-corrected chi connectivity index (χ2v) is 4.83. The van der Waals surface area contributed by atoms with Crippen molar-refractivity contribution in [2.75, 3.05) is 6.61 Å². The van der Waals surface area contributed by atoms with Crippen molar-refractivity contribution in [2.24, 2.45) is 0 Å². The molecule has 2 aromatic carbocycles. The summed E-state index contributed by atoms with van der Waals surface area (Å²) in [5, 5.41) is 0.275. The lowest BCUT2D eigenvalue weighted by atomic mass is 9.92. The van der Waals surface area contributed by atoms with Gasteiger partial charge in [0.05, 0.1) is 11.5 Å². The predicted molar refractivity (Wildman–Crippen MR) is 70.4 cm³/mol. The van der Waals surface area contributed by atoms with Crippen molar-refractivity contribution in [3.8, 4) is 5.75 Å². The second-order valence-electron chi connectivity index (χ2n) is 4.39. The van der Waals surface area contributed by atoms with Crippen molar-refractivity contribution >= 4 is 17.4 Å². The van der Waals surface area contributed by atoms with Crippen LogP contribution in [0, 0.1) is 5.82 Å². The molecule has 0 bridgehead atoms. The molecule has 2 nitrogen and oxygen atoms in total. The maximum atomic E-state index is 13.8. The minimum atomic E-state index is -0.595. The van der Waals surface area contributed by atoms with Gasteiger partial charge in [-0.15, -0.1) is 0 Å². The number of Topliss-reactive ketones (excluding diaryl/α,β-unsaturated/α-hetero) is 1. The fraction of sp³-hybridized carbons (Fsp3) is 0.133. The van der Waals surface area contributed by atoms with E-state index in [1.165, 1.54) is 12.1 Å². The minimum absolute atomic E-state index is 0.0507. The molecule has 3 rings (SSSR count). The standard InChI is InChI=1S/C15H10ClFO2/c16-9-5-6-11(13(17)7-9)15(18)12-8-19-14-4-2-1-3-10(12)14/h1-7,12H,8H2. The van der Waals surface area contributed by atoms with Crippen LogP contribution in [0.1, 0.15) is 21.8 Å². The van der Waals surface area contributed by atoms with E-state index in [1.54, 1.807) is 6.07 Å². The lowest BCUT2D eigenvalue weighted by molar-refractivity contribution is 0.0943. The van der Waals surface area contributed by atoms with E-state index < -0.39 is 11.7 Å². The van der Waals surface area contributed by atoms with Crippen LogP contribution in [0.5, 0.6) is 5.75 Å². The molecule has 0 N–H and O–H groups in total. The highest BCUT2D eigenvalue weighted by Crippen LogP contribution is 2.36. The summed E-state index contributed by atoms with van der Waals surface area (Å²) in [6.07, 6.45) is 0. The second kappa shape index (κ2) is 4.67. The van der Waals surface area contributed by atoms with Crippen LogP contribution in [0.25, 0.3) is 0 Å². The lowest BCUT2D eigenvalue weighted by Crippen LogP contribution is -2.15. The Balaban J connectivity index is 1.98. The van der Waals surface area contributed by atoms with Gasteiger partial charge in [0, 0.05) is 10.6 Å². The SMILES string of the molecule is O=C(c1ccc(Cl)cc1F)C1COc2ccccc21. The van der Waals surface area contributed by atoms with E-state index in [9.17, 15) is 9.18 Å². The zero-order valence-corrected chi connectivity index (χ0v) is 10.7. The first-order valence-electron chi connectivity index (χ1n) is 5.88. The maximum absolute atomic E-state index is 13.8. The number of hydrogen-bond donors (Lipinski definition) is 0. The lowest BCUT2D eigenvalue weighted by Gasteiger charge is -2.09. The molecule has 19 heavy (non-hydrogen) atoms. The van der Waals surface area contributed by atoms with Crippen molar-refractivity contribution < 1.29 is 13.9 Å². The molecular weight excluding hydrogens is 267 g/mol. The zero-order valence-electron chi connectivity index (χ0n) is 9.90. The van der Waals surface area contributed by atoms with Gasteiger partial charge in [-0.1, -0.05) is 29.8 Å². The van der Waals surface area contributed by atoms with Gasteiger partial charge < -0.3 is 4.74 Å². The molecule has 0 fully saturated rings. The Bertz CT molecular complexity index is 654. The van der Waals surface area contributed by atoms with Gasteiger partial charge >= 0.3 is 0 Å². The molecule has 0 saturated carbocycles. The van der Waals surface area contributed by atoms with Crippen LogP contribution in [-0.2, 0) is 0 Å². The molecule has 4 heteroatoms. The quantitative estimate of drug-likeness (QED) is 0.779. The Morgan fingerprint density at radius 2 is 2.05 bits per heavy atom. The molecule has 0 radical (unpaired) electrons. The summed E-state index contributed by atoms with van der Waals surface area (Å²) in [4.78, 5) is 12.4. The summed E-state index contributed by atoms with van der Waals surface area (Å²) in [5.41, 5.74) is 0.858. The molecule has 1 aliphatic rings. The largest absolute Gasteiger partial charge is 0.492 e. The Kier molecular flexibility index (Phi) is 2.99. The van der Waals surface area contributed by atoms with Gasteiger partial charge in [0.25, 0.3) is 0 Å². The molecule has 0 amide bonds. The number of ether oxygens (including phenoxy) is 1. The van der Waals surface area contributed by atoms with Crippen molar-refractivity contribution in [1.82, 2.24) is 0 Å². The van der Waals surface area contributed by atoms with E-state index in [0.29, 0.717) is 5.75 Å². The molecule has 2 aromatic rings. The number of hydrogen-bond acceptors (Lipinski definition) is 2. The molecular formula is C15H10ClFO2. The van der Waals surface area contributed by atoms with E-state index >= 15 is 0 Å². The Hall–Kier alpha value is -1.87. The number of halogens is 2. The van der Waals surface area contributed by atoms with Crippen LogP contribution >= 0.6 is 11.6 Å². The van der Waals surface area contributed by atoms with Gasteiger partial charge in [-0.2, -0.15) is 0 Å². The minimum Gasteiger partial charge on any atom is -0.492 e. The van der Waals surface area contributed by atoms with Crippen molar-refractivity contribution in [3.63, 3.8) is 0 Å². The molecule has 0 saturated heterocycles. The van der Waals surface area contributed by atoms with Crippen LogP contribution in [0.3, 0.4) is 0 Å². The maximum Gasteiger partial charge on any atom is 0.176 e. The molecule has 96 valence electrons. The summed E-state index contributed by atoms with van der Waals surface area (Å²) in [6.45, 7) is 0.250. The fourth-order valence-electron chi connectivity index (χ4n) is 2.26. The van der Waals surface area contributed by atoms with Crippen molar-refractivity contribution in [1.29, 1.82) is 0 Å². The predicted octanol–water partition coefficient (Wildman–Crippen LogP) is 3.84. The number of benzene rings is 2. The number of para-hydroxylation sites is 1. The highest BCUT2D eigenvalue weighted by molar-refractivity contribution is 6.30. The number of carbonyl (C=O) groups excluding carboxylic acids is 1. The van der Waals surface area contributed by atoms with Gasteiger partial charge in [-0.05, 0) is 24.3 Å². The molecule has 1 heterocycles. The zero-order chi connectivity index (χ0) is 13.4. The molecule has 1 atom stereocenters. The normalized spacial score (nSPS) is 16.8. The molecule has 0 aromatic heterocycles. The van der Waals surface area contributed by atoms with Crippen LogP contribution < -0.4 is 4.74 Å². The monoisotopic (exact) mass is 276 g/mol. The summed E-state index contributed by atoms with van der Waals surface area (Å²) >= 11 is 5.69. The number of carbonyl (C=O) groups is 1. The van der Waals surface area contributed by atoms with E-state index in [2.05, 4.69) is 0 Å². The van der Waals surface area contributed by atoms with Crippen LogP contribution in [0.15, 0.2) is 42.5 Å². The van der Waals surface area contributed by atoms with Crippen LogP contribution in [-0.4, -0.2) is 12.4 Å². The summed E-state index contributed by atoms with van der Waals surface area (Å²) < 4.78 is 19.2. The first-order valence-corrected chi connectivity index (χ1v) is 6.25. The van der Waals surface area contributed by atoms with Crippen LogP contribution in [0.2, 0.25) is 5.02 Å². The van der Waals surface area contributed by atoms with E-state index in [-0.39, 0.29) is 23.0 Å². The number of ketones is 1. The summed E-state index contributed by atoms with van der Waals surface area (Å²) in [7, 11) is 0. The summed E-state index contributed by atoms with van der Waals surface area (Å²) in [6, 6.07) is 11.4. The first kappa shape index (κ1) is 12.2. The Morgan fingerprint density at radius 3 is 2.84 bits per heavy atom. The third-order valence-electron chi connectivity index (χ3n) is 3.21.